The van der Waals surface area contributed by atoms with Gasteiger partial charge in [-0.05, 0) is 80.3 Å². The summed E-state index contributed by atoms with van der Waals surface area (Å²) in [6.45, 7) is 10.7. The summed E-state index contributed by atoms with van der Waals surface area (Å²) >= 11 is 1.40. The van der Waals surface area contributed by atoms with Crippen molar-refractivity contribution in [2.75, 3.05) is 32.1 Å². The zero-order valence-electron chi connectivity index (χ0n) is 22.8. The Hall–Kier alpha value is -2.27. The maximum atomic E-state index is 13.6. The van der Waals surface area contributed by atoms with Crippen LogP contribution >= 0.6 is 11.3 Å². The van der Waals surface area contributed by atoms with Gasteiger partial charge in [-0.3, -0.25) is 4.79 Å². The fourth-order valence-electron chi connectivity index (χ4n) is 6.82. The number of ether oxygens (including phenoxy) is 1. The minimum atomic E-state index is -3.68. The molecule has 5 rings (SSSR count). The van der Waals surface area contributed by atoms with E-state index in [-0.39, 0.29) is 28.4 Å². The topological polar surface area (TPSA) is 96.0 Å². The van der Waals surface area contributed by atoms with Crippen molar-refractivity contribution in [3.05, 3.63) is 45.8 Å². The van der Waals surface area contributed by atoms with Gasteiger partial charge in [0, 0.05) is 36.1 Å². The number of nitrogens with one attached hydrogen (secondary N) is 1. The largest absolute Gasteiger partial charge is 0.462 e. The molecule has 2 aromatic rings. The summed E-state index contributed by atoms with van der Waals surface area (Å²) in [7, 11) is -1.65. The molecule has 0 radical (unpaired) electrons. The van der Waals surface area contributed by atoms with E-state index in [4.69, 9.17) is 4.74 Å². The summed E-state index contributed by atoms with van der Waals surface area (Å²) in [5.41, 5.74) is 1.81. The predicted molar refractivity (Wildman–Crippen MR) is 148 cm³/mol. The Labute approximate surface area is 229 Å². The molecule has 2 aliphatic heterocycles. The second-order valence-corrected chi connectivity index (χ2v) is 15.2. The molecule has 2 bridgehead atoms. The van der Waals surface area contributed by atoms with Crippen LogP contribution in [0.2, 0.25) is 0 Å². The SMILES string of the molecule is CCOC(=O)c1c(NC(=O)c2ccc(S(=O)(=O)N3C[C@]4(C)C[C@@H]3CC(C)(C)C4)cc2)sc2c1CCN(C)C2. The monoisotopic (exact) mass is 559 g/mol. The first-order valence-corrected chi connectivity index (χ1v) is 15.5. The molecule has 1 saturated carbocycles. The third kappa shape index (κ3) is 5.03. The number of hydrogen-bond donors (Lipinski definition) is 1. The molecule has 1 N–H and O–H groups in total. The normalized spacial score (nSPS) is 25.1. The lowest BCUT2D eigenvalue weighted by Gasteiger charge is -2.39. The van der Waals surface area contributed by atoms with E-state index in [1.807, 2.05) is 7.05 Å². The molecule has 2 atom stereocenters. The molecule has 1 saturated heterocycles. The van der Waals surface area contributed by atoms with Crippen LogP contribution < -0.4 is 5.32 Å². The summed E-state index contributed by atoms with van der Waals surface area (Å²) in [5.74, 6) is -0.822. The Bertz CT molecular complexity index is 1370. The van der Waals surface area contributed by atoms with Crippen molar-refractivity contribution in [3.8, 4) is 0 Å². The number of likely N-dealkylation sites (N-methyl/N-ethyl adjacent to an activating group) is 1. The lowest BCUT2D eigenvalue weighted by molar-refractivity contribution is 0.0526. The molecule has 10 heteroatoms. The molecule has 0 unspecified atom stereocenters. The van der Waals surface area contributed by atoms with Gasteiger partial charge < -0.3 is 15.0 Å². The molecule has 206 valence electrons. The van der Waals surface area contributed by atoms with Crippen molar-refractivity contribution in [1.29, 1.82) is 0 Å². The van der Waals surface area contributed by atoms with E-state index in [0.717, 1.165) is 36.2 Å². The van der Waals surface area contributed by atoms with Crippen LogP contribution in [0.15, 0.2) is 29.2 Å². The van der Waals surface area contributed by atoms with E-state index < -0.39 is 21.9 Å². The number of hydrogen-bond acceptors (Lipinski definition) is 7. The van der Waals surface area contributed by atoms with Crippen molar-refractivity contribution >= 4 is 38.2 Å². The Morgan fingerprint density at radius 3 is 2.55 bits per heavy atom. The maximum Gasteiger partial charge on any atom is 0.341 e. The van der Waals surface area contributed by atoms with Crippen LogP contribution in [0.5, 0.6) is 0 Å². The Morgan fingerprint density at radius 1 is 1.16 bits per heavy atom. The third-order valence-corrected chi connectivity index (χ3v) is 11.1. The lowest BCUT2D eigenvalue weighted by atomic mass is 9.65. The molecule has 1 aliphatic carbocycles. The second-order valence-electron chi connectivity index (χ2n) is 12.2. The molecular weight excluding hydrogens is 522 g/mol. The first-order valence-electron chi connectivity index (χ1n) is 13.3. The number of benzene rings is 1. The Morgan fingerprint density at radius 2 is 1.87 bits per heavy atom. The molecule has 1 aromatic carbocycles. The average molecular weight is 560 g/mol. The smallest absolute Gasteiger partial charge is 0.341 e. The van der Waals surface area contributed by atoms with Gasteiger partial charge in [-0.15, -0.1) is 11.3 Å². The summed E-state index contributed by atoms with van der Waals surface area (Å²) in [5, 5.41) is 3.37. The molecule has 1 amide bonds. The van der Waals surface area contributed by atoms with E-state index in [9.17, 15) is 18.0 Å². The summed E-state index contributed by atoms with van der Waals surface area (Å²) in [6.07, 6.45) is 3.47. The van der Waals surface area contributed by atoms with Gasteiger partial charge in [0.05, 0.1) is 17.1 Å². The van der Waals surface area contributed by atoms with Crippen molar-refractivity contribution in [3.63, 3.8) is 0 Å². The molecule has 3 heterocycles. The van der Waals surface area contributed by atoms with E-state index in [1.54, 1.807) is 23.4 Å². The van der Waals surface area contributed by atoms with Crippen LogP contribution in [-0.4, -0.2) is 62.3 Å². The zero-order chi connectivity index (χ0) is 27.5. The number of thiophene rings is 1. The number of rotatable bonds is 6. The number of nitrogens with zero attached hydrogens (tertiary/aromatic N) is 2. The third-order valence-electron chi connectivity index (χ3n) is 8.04. The van der Waals surface area contributed by atoms with Crippen molar-refractivity contribution in [2.45, 2.75) is 70.9 Å². The minimum Gasteiger partial charge on any atom is -0.462 e. The number of anilines is 1. The van der Waals surface area contributed by atoms with E-state index in [2.05, 4.69) is 31.0 Å². The quantitative estimate of drug-likeness (QED) is 0.513. The Balaban J connectivity index is 1.36. The number of amides is 1. The van der Waals surface area contributed by atoms with Gasteiger partial charge in [0.15, 0.2) is 0 Å². The van der Waals surface area contributed by atoms with Crippen LogP contribution in [0, 0.1) is 10.8 Å². The minimum absolute atomic E-state index is 0.00179. The fraction of sp³-hybridized carbons (Fsp3) is 0.571. The van der Waals surface area contributed by atoms with Crippen LogP contribution in [0.3, 0.4) is 0 Å². The first-order chi connectivity index (χ1) is 17.8. The van der Waals surface area contributed by atoms with E-state index >= 15 is 0 Å². The molecule has 8 nitrogen and oxygen atoms in total. The molecule has 38 heavy (non-hydrogen) atoms. The molecule has 3 aliphatic rings. The van der Waals surface area contributed by atoms with Gasteiger partial charge in [-0.25, -0.2) is 13.2 Å². The average Bonchev–Trinajstić information content (AvgIpc) is 3.31. The Kier molecular flexibility index (Phi) is 6.99. The summed E-state index contributed by atoms with van der Waals surface area (Å²) in [6, 6.07) is 6.12. The zero-order valence-corrected chi connectivity index (χ0v) is 24.4. The van der Waals surface area contributed by atoms with Gasteiger partial charge in [0.1, 0.15) is 5.00 Å². The number of carbonyl (C=O) groups excluding carboxylic acids is 2. The molecule has 0 spiro atoms. The number of fused-ring (bicyclic) bond motifs is 3. The lowest BCUT2D eigenvalue weighted by Crippen LogP contribution is -2.37. The molecular formula is C28H37N3O5S2. The van der Waals surface area contributed by atoms with Gasteiger partial charge >= 0.3 is 5.97 Å². The summed E-state index contributed by atoms with van der Waals surface area (Å²) < 4.78 is 34.2. The van der Waals surface area contributed by atoms with Crippen LogP contribution in [-0.2, 0) is 27.7 Å². The first kappa shape index (κ1) is 27.3. The molecule has 1 aromatic heterocycles. The van der Waals surface area contributed by atoms with Gasteiger partial charge in [-0.1, -0.05) is 20.8 Å². The van der Waals surface area contributed by atoms with Crippen molar-refractivity contribution < 1.29 is 22.7 Å². The van der Waals surface area contributed by atoms with Crippen molar-refractivity contribution in [2.24, 2.45) is 10.8 Å². The highest BCUT2D eigenvalue weighted by molar-refractivity contribution is 7.89. The van der Waals surface area contributed by atoms with E-state index in [0.29, 0.717) is 35.6 Å². The number of carbonyl (C=O) groups is 2. The second kappa shape index (κ2) is 9.73. The van der Waals surface area contributed by atoms with Crippen LogP contribution in [0.4, 0.5) is 5.00 Å². The van der Waals surface area contributed by atoms with Crippen LogP contribution in [0.25, 0.3) is 0 Å². The number of esters is 1. The highest BCUT2D eigenvalue weighted by Crippen LogP contribution is 2.53. The van der Waals surface area contributed by atoms with Gasteiger partial charge in [0.25, 0.3) is 5.91 Å². The summed E-state index contributed by atoms with van der Waals surface area (Å²) in [4.78, 5) is 29.4. The number of sulfonamides is 1. The van der Waals surface area contributed by atoms with Gasteiger partial charge in [-0.2, -0.15) is 4.31 Å². The van der Waals surface area contributed by atoms with Crippen molar-refractivity contribution in [1.82, 2.24) is 9.21 Å². The standard InChI is InChI=1S/C28H37N3O5S2/c1-6-36-26(33)23-21-11-12-30(5)15-22(21)37-25(23)29-24(32)18-7-9-20(10-8-18)38(34,35)31-17-28(4)14-19(31)13-27(2,3)16-28/h7-10,19H,6,11-17H2,1-5H3,(H,29,32)/t19-,28+/m0/s1. The molecule has 2 fully saturated rings. The highest BCUT2D eigenvalue weighted by atomic mass is 32.2. The maximum absolute atomic E-state index is 13.6. The van der Waals surface area contributed by atoms with E-state index in [1.165, 1.54) is 23.5 Å². The van der Waals surface area contributed by atoms with Gasteiger partial charge in [0.2, 0.25) is 10.0 Å². The predicted octanol–water partition coefficient (Wildman–Crippen LogP) is 4.75. The van der Waals surface area contributed by atoms with Crippen LogP contribution in [0.1, 0.15) is 78.1 Å². The fourth-order valence-corrected chi connectivity index (χ4v) is 9.90. The highest BCUT2D eigenvalue weighted by Gasteiger charge is 2.53.